The van der Waals surface area contributed by atoms with Crippen LogP contribution in [0.15, 0.2) is 60.8 Å². The van der Waals surface area contributed by atoms with Crippen LogP contribution in [0.3, 0.4) is 0 Å². The number of pyridine rings is 1. The Morgan fingerprint density at radius 2 is 1.70 bits per heavy atom. The smallest absolute Gasteiger partial charge is 0.306 e. The van der Waals surface area contributed by atoms with Crippen molar-refractivity contribution in [2.75, 3.05) is 6.61 Å². The van der Waals surface area contributed by atoms with Gasteiger partial charge in [-0.05, 0) is 55.7 Å². The second-order valence-corrected chi connectivity index (χ2v) is 8.40. The summed E-state index contributed by atoms with van der Waals surface area (Å²) in [5.74, 6) is -1.65. The minimum atomic E-state index is -0.696. The number of ether oxygens (including phenoxy) is 2. The standard InChI is InChI=1S/C28H27F2N3O4/c1-3-36-25(34)14-13-19-9-11-20(12-10-19)16-31-28(35)26-18(2)32-27-24(8-5-15-33(26)27)37-17-21-22(29)6-4-7-23(21)30/h4-12,15H,3,13-14,16-17H2,1-2H3,(H,31,35). The second kappa shape index (κ2) is 11.6. The molecule has 37 heavy (non-hydrogen) atoms. The molecule has 0 unspecified atom stereocenters. The molecule has 1 N–H and O–H groups in total. The lowest BCUT2D eigenvalue weighted by Gasteiger charge is -2.10. The van der Waals surface area contributed by atoms with Crippen molar-refractivity contribution in [3.63, 3.8) is 0 Å². The SMILES string of the molecule is CCOC(=O)CCc1ccc(CNC(=O)c2c(C)nc3c(OCc4c(F)cccc4F)cccn23)cc1. The molecule has 0 atom stereocenters. The van der Waals surface area contributed by atoms with E-state index in [4.69, 9.17) is 9.47 Å². The van der Waals surface area contributed by atoms with E-state index >= 15 is 0 Å². The molecular formula is C28H27F2N3O4. The van der Waals surface area contributed by atoms with Gasteiger partial charge in [0.1, 0.15) is 23.9 Å². The topological polar surface area (TPSA) is 81.9 Å². The summed E-state index contributed by atoms with van der Waals surface area (Å²) in [7, 11) is 0. The zero-order chi connectivity index (χ0) is 26.4. The molecular weight excluding hydrogens is 480 g/mol. The Morgan fingerprint density at radius 3 is 2.41 bits per heavy atom. The number of aromatic nitrogens is 2. The third-order valence-electron chi connectivity index (χ3n) is 5.84. The van der Waals surface area contributed by atoms with E-state index in [1.807, 2.05) is 24.3 Å². The molecule has 1 amide bonds. The maximum Gasteiger partial charge on any atom is 0.306 e. The molecule has 0 aliphatic rings. The Bertz CT molecular complexity index is 1400. The lowest BCUT2D eigenvalue weighted by atomic mass is 10.1. The number of carbonyl (C=O) groups excluding carboxylic acids is 2. The summed E-state index contributed by atoms with van der Waals surface area (Å²) in [4.78, 5) is 29.0. The first-order chi connectivity index (χ1) is 17.9. The van der Waals surface area contributed by atoms with Gasteiger partial charge in [-0.3, -0.25) is 14.0 Å². The molecule has 0 saturated heterocycles. The first-order valence-electron chi connectivity index (χ1n) is 11.9. The van der Waals surface area contributed by atoms with Crippen molar-refractivity contribution in [3.05, 3.63) is 101 Å². The van der Waals surface area contributed by atoms with Crippen molar-refractivity contribution in [1.29, 1.82) is 0 Å². The van der Waals surface area contributed by atoms with E-state index in [0.717, 1.165) is 11.1 Å². The minimum Gasteiger partial charge on any atom is -0.485 e. The van der Waals surface area contributed by atoms with E-state index in [1.54, 1.807) is 36.6 Å². The number of fused-ring (bicyclic) bond motifs is 1. The summed E-state index contributed by atoms with van der Waals surface area (Å²) in [5.41, 5.74) is 2.91. The van der Waals surface area contributed by atoms with Gasteiger partial charge in [-0.2, -0.15) is 0 Å². The van der Waals surface area contributed by atoms with Crippen molar-refractivity contribution in [2.24, 2.45) is 0 Å². The first-order valence-corrected chi connectivity index (χ1v) is 11.9. The first kappa shape index (κ1) is 25.8. The molecule has 9 heteroatoms. The average molecular weight is 508 g/mol. The molecule has 4 aromatic rings. The molecule has 0 bridgehead atoms. The maximum atomic E-state index is 14.0. The fourth-order valence-corrected chi connectivity index (χ4v) is 3.93. The van der Waals surface area contributed by atoms with Crippen LogP contribution in [-0.2, 0) is 29.1 Å². The molecule has 0 saturated carbocycles. The van der Waals surface area contributed by atoms with Crippen LogP contribution in [-0.4, -0.2) is 27.9 Å². The molecule has 0 radical (unpaired) electrons. The molecule has 2 aromatic heterocycles. The summed E-state index contributed by atoms with van der Waals surface area (Å²) in [5, 5.41) is 2.90. The van der Waals surface area contributed by atoms with Crippen molar-refractivity contribution < 1.29 is 27.8 Å². The van der Waals surface area contributed by atoms with Crippen molar-refractivity contribution in [2.45, 2.75) is 39.8 Å². The molecule has 0 aliphatic carbocycles. The number of halogens is 2. The Balaban J connectivity index is 1.42. The monoisotopic (exact) mass is 507 g/mol. The van der Waals surface area contributed by atoms with Crippen molar-refractivity contribution in [1.82, 2.24) is 14.7 Å². The Kier molecular flexibility index (Phi) is 8.12. The number of rotatable bonds is 10. The van der Waals surface area contributed by atoms with Crippen LogP contribution >= 0.6 is 0 Å². The third kappa shape index (κ3) is 6.11. The second-order valence-electron chi connectivity index (χ2n) is 8.40. The number of amides is 1. The summed E-state index contributed by atoms with van der Waals surface area (Å²) in [6.07, 6.45) is 2.58. The van der Waals surface area contributed by atoms with Crippen molar-refractivity contribution in [3.8, 4) is 5.75 Å². The fourth-order valence-electron chi connectivity index (χ4n) is 3.93. The normalized spacial score (nSPS) is 10.9. The highest BCUT2D eigenvalue weighted by Crippen LogP contribution is 2.24. The van der Waals surface area contributed by atoms with Gasteiger partial charge in [0.05, 0.1) is 17.9 Å². The lowest BCUT2D eigenvalue weighted by molar-refractivity contribution is -0.143. The van der Waals surface area contributed by atoms with E-state index in [1.165, 1.54) is 18.2 Å². The number of aryl methyl sites for hydroxylation is 2. The number of nitrogens with one attached hydrogen (secondary N) is 1. The van der Waals surface area contributed by atoms with Gasteiger partial charge in [0.2, 0.25) is 0 Å². The van der Waals surface area contributed by atoms with E-state index in [0.29, 0.717) is 48.8 Å². The van der Waals surface area contributed by atoms with Crippen LogP contribution in [0.1, 0.15) is 46.2 Å². The highest BCUT2D eigenvalue weighted by molar-refractivity contribution is 5.95. The largest absolute Gasteiger partial charge is 0.485 e. The van der Waals surface area contributed by atoms with E-state index in [2.05, 4.69) is 10.3 Å². The number of hydrogen-bond donors (Lipinski definition) is 1. The Morgan fingerprint density at radius 1 is 1.00 bits per heavy atom. The van der Waals surface area contributed by atoms with Crippen LogP contribution in [0.5, 0.6) is 5.75 Å². The van der Waals surface area contributed by atoms with E-state index in [9.17, 15) is 18.4 Å². The van der Waals surface area contributed by atoms with Gasteiger partial charge in [0.15, 0.2) is 11.4 Å². The average Bonchev–Trinajstić information content (AvgIpc) is 3.23. The molecule has 192 valence electrons. The number of carbonyl (C=O) groups is 2. The zero-order valence-corrected chi connectivity index (χ0v) is 20.6. The van der Waals surface area contributed by atoms with E-state index in [-0.39, 0.29) is 24.0 Å². The number of nitrogens with zero attached hydrogens (tertiary/aromatic N) is 2. The van der Waals surface area contributed by atoms with Gasteiger partial charge in [0, 0.05) is 19.2 Å². The minimum absolute atomic E-state index is 0.183. The molecule has 2 aromatic carbocycles. The number of esters is 1. The summed E-state index contributed by atoms with van der Waals surface area (Å²) in [6.45, 7) is 3.83. The third-order valence-corrected chi connectivity index (χ3v) is 5.84. The summed E-state index contributed by atoms with van der Waals surface area (Å²) in [6, 6.07) is 14.6. The summed E-state index contributed by atoms with van der Waals surface area (Å²) < 4.78 is 40.2. The number of hydrogen-bond acceptors (Lipinski definition) is 5. The highest BCUT2D eigenvalue weighted by Gasteiger charge is 2.19. The van der Waals surface area contributed by atoms with Gasteiger partial charge in [-0.15, -0.1) is 0 Å². The van der Waals surface area contributed by atoms with Crippen LogP contribution in [0.2, 0.25) is 0 Å². The Hall–Kier alpha value is -4.27. The predicted molar refractivity (Wildman–Crippen MR) is 133 cm³/mol. The fraction of sp³-hybridized carbons (Fsp3) is 0.250. The van der Waals surface area contributed by atoms with Gasteiger partial charge >= 0.3 is 5.97 Å². The predicted octanol–water partition coefficient (Wildman–Crippen LogP) is 4.93. The van der Waals surface area contributed by atoms with Crippen LogP contribution < -0.4 is 10.1 Å². The molecule has 0 spiro atoms. The van der Waals surface area contributed by atoms with Crippen LogP contribution in [0.4, 0.5) is 8.78 Å². The van der Waals surface area contributed by atoms with Crippen molar-refractivity contribution >= 4 is 17.5 Å². The Labute approximate surface area is 213 Å². The summed E-state index contributed by atoms with van der Waals surface area (Å²) >= 11 is 0. The maximum absolute atomic E-state index is 14.0. The van der Waals surface area contributed by atoms with Gasteiger partial charge in [-0.25, -0.2) is 13.8 Å². The van der Waals surface area contributed by atoms with Crippen LogP contribution in [0.25, 0.3) is 5.65 Å². The van der Waals surface area contributed by atoms with Gasteiger partial charge in [-0.1, -0.05) is 30.3 Å². The molecule has 2 heterocycles. The highest BCUT2D eigenvalue weighted by atomic mass is 19.1. The zero-order valence-electron chi connectivity index (χ0n) is 20.6. The molecule has 0 aliphatic heterocycles. The molecule has 4 rings (SSSR count). The number of benzene rings is 2. The molecule has 7 nitrogen and oxygen atoms in total. The van der Waals surface area contributed by atoms with Gasteiger partial charge < -0.3 is 14.8 Å². The quantitative estimate of drug-likeness (QED) is 0.308. The number of imidazole rings is 1. The molecule has 0 fully saturated rings. The van der Waals surface area contributed by atoms with Gasteiger partial charge in [0.25, 0.3) is 5.91 Å². The lowest BCUT2D eigenvalue weighted by Crippen LogP contribution is -2.25. The van der Waals surface area contributed by atoms with Crippen LogP contribution in [0, 0.1) is 18.6 Å². The van der Waals surface area contributed by atoms with E-state index < -0.39 is 11.6 Å².